The average molecular weight is 210 g/mol. The van der Waals surface area contributed by atoms with Crippen LogP contribution < -0.4 is 4.74 Å². The Labute approximate surface area is 96.0 Å². The summed E-state index contributed by atoms with van der Waals surface area (Å²) in [7, 11) is 0. The minimum atomic E-state index is 0.855. The van der Waals surface area contributed by atoms with Crippen LogP contribution in [-0.2, 0) is 0 Å². The highest BCUT2D eigenvalue weighted by Crippen LogP contribution is 2.23. The second-order valence-corrected chi connectivity index (χ2v) is 3.64. The molecule has 2 aromatic rings. The Kier molecular flexibility index (Phi) is 3.06. The Hall–Kier alpha value is -2.02. The van der Waals surface area contributed by atoms with Crippen LogP contribution in [0.2, 0.25) is 0 Å². The summed E-state index contributed by atoms with van der Waals surface area (Å²) < 4.78 is 5.72. The van der Waals surface area contributed by atoms with Gasteiger partial charge in [0.05, 0.1) is 0 Å². The van der Waals surface area contributed by atoms with Crippen molar-refractivity contribution in [3.05, 3.63) is 66.2 Å². The molecule has 2 aromatic carbocycles. The molecular formula is C15H14O. The summed E-state index contributed by atoms with van der Waals surface area (Å²) in [6.07, 6.45) is 1.85. The molecule has 0 N–H and O–H groups in total. The van der Waals surface area contributed by atoms with E-state index < -0.39 is 0 Å². The van der Waals surface area contributed by atoms with Gasteiger partial charge in [-0.1, -0.05) is 36.9 Å². The second-order valence-electron chi connectivity index (χ2n) is 3.64. The van der Waals surface area contributed by atoms with E-state index in [4.69, 9.17) is 4.74 Å². The fourth-order valence-corrected chi connectivity index (χ4v) is 1.57. The van der Waals surface area contributed by atoms with E-state index in [1.165, 1.54) is 5.56 Å². The first kappa shape index (κ1) is 10.5. The molecule has 0 aromatic heterocycles. The van der Waals surface area contributed by atoms with E-state index in [2.05, 4.69) is 13.5 Å². The summed E-state index contributed by atoms with van der Waals surface area (Å²) in [5.74, 6) is 1.71. The molecule has 0 saturated carbocycles. The van der Waals surface area contributed by atoms with E-state index in [0.717, 1.165) is 17.1 Å². The molecule has 80 valence electrons. The smallest absolute Gasteiger partial charge is 0.127 e. The maximum Gasteiger partial charge on any atom is 0.127 e. The summed E-state index contributed by atoms with van der Waals surface area (Å²) in [6, 6.07) is 15.8. The molecule has 0 aliphatic heterocycles. The Bertz CT molecular complexity index is 486. The van der Waals surface area contributed by atoms with E-state index >= 15 is 0 Å². The van der Waals surface area contributed by atoms with Gasteiger partial charge in [0.2, 0.25) is 0 Å². The minimum Gasteiger partial charge on any atom is -0.457 e. The van der Waals surface area contributed by atoms with Gasteiger partial charge in [0, 0.05) is 0 Å². The van der Waals surface area contributed by atoms with Crippen molar-refractivity contribution in [1.29, 1.82) is 0 Å². The molecule has 2 rings (SSSR count). The van der Waals surface area contributed by atoms with Crippen LogP contribution in [0, 0.1) is 6.92 Å². The summed E-state index contributed by atoms with van der Waals surface area (Å²) in [5, 5.41) is 0. The highest BCUT2D eigenvalue weighted by atomic mass is 16.5. The molecule has 0 atom stereocenters. The van der Waals surface area contributed by atoms with Gasteiger partial charge in [-0.25, -0.2) is 0 Å². The van der Waals surface area contributed by atoms with Gasteiger partial charge in [0.15, 0.2) is 0 Å². The van der Waals surface area contributed by atoms with Crippen LogP contribution in [0.1, 0.15) is 11.1 Å². The fraction of sp³-hybridized carbons (Fsp3) is 0.0667. The summed E-state index contributed by atoms with van der Waals surface area (Å²) in [4.78, 5) is 0. The Morgan fingerprint density at radius 2 is 1.75 bits per heavy atom. The number of hydrogen-bond acceptors (Lipinski definition) is 1. The molecule has 0 unspecified atom stereocenters. The number of rotatable bonds is 3. The van der Waals surface area contributed by atoms with Crippen molar-refractivity contribution in [2.45, 2.75) is 6.92 Å². The van der Waals surface area contributed by atoms with E-state index in [9.17, 15) is 0 Å². The summed E-state index contributed by atoms with van der Waals surface area (Å²) in [6.45, 7) is 5.82. The van der Waals surface area contributed by atoms with Gasteiger partial charge in [-0.2, -0.15) is 0 Å². The first-order chi connectivity index (χ1) is 7.79. The van der Waals surface area contributed by atoms with Crippen molar-refractivity contribution in [1.82, 2.24) is 0 Å². The van der Waals surface area contributed by atoms with E-state index in [1.54, 1.807) is 0 Å². The topological polar surface area (TPSA) is 9.23 Å². The van der Waals surface area contributed by atoms with Crippen molar-refractivity contribution in [2.24, 2.45) is 0 Å². The highest BCUT2D eigenvalue weighted by Gasteiger charge is 1.99. The Balaban J connectivity index is 2.23. The van der Waals surface area contributed by atoms with Crippen molar-refractivity contribution in [3.8, 4) is 11.5 Å². The van der Waals surface area contributed by atoms with Gasteiger partial charge >= 0.3 is 0 Å². The van der Waals surface area contributed by atoms with Crippen LogP contribution in [0.15, 0.2) is 55.1 Å². The van der Waals surface area contributed by atoms with Crippen LogP contribution in [0.3, 0.4) is 0 Å². The van der Waals surface area contributed by atoms with E-state index in [-0.39, 0.29) is 0 Å². The largest absolute Gasteiger partial charge is 0.457 e. The van der Waals surface area contributed by atoms with Gasteiger partial charge in [0.25, 0.3) is 0 Å². The number of para-hydroxylation sites is 1. The number of benzene rings is 2. The highest BCUT2D eigenvalue weighted by molar-refractivity contribution is 5.53. The van der Waals surface area contributed by atoms with Gasteiger partial charge < -0.3 is 4.74 Å². The molecule has 1 heteroatoms. The molecular weight excluding hydrogens is 196 g/mol. The minimum absolute atomic E-state index is 0.855. The van der Waals surface area contributed by atoms with Gasteiger partial charge in [-0.15, -0.1) is 0 Å². The molecule has 0 amide bonds. The van der Waals surface area contributed by atoms with Crippen molar-refractivity contribution < 1.29 is 4.74 Å². The zero-order valence-corrected chi connectivity index (χ0v) is 9.31. The van der Waals surface area contributed by atoms with Crippen LogP contribution in [0.5, 0.6) is 11.5 Å². The third-order valence-electron chi connectivity index (χ3n) is 2.44. The third kappa shape index (κ3) is 2.31. The first-order valence-electron chi connectivity index (χ1n) is 5.25. The zero-order valence-electron chi connectivity index (χ0n) is 9.31. The number of aryl methyl sites for hydroxylation is 1. The summed E-state index contributed by atoms with van der Waals surface area (Å²) in [5.41, 5.74) is 2.31. The second kappa shape index (κ2) is 4.67. The van der Waals surface area contributed by atoms with Crippen molar-refractivity contribution >= 4 is 6.08 Å². The molecule has 0 aliphatic carbocycles. The average Bonchev–Trinajstić information content (AvgIpc) is 2.31. The fourth-order valence-electron chi connectivity index (χ4n) is 1.57. The molecule has 0 spiro atoms. The number of hydrogen-bond donors (Lipinski definition) is 0. The van der Waals surface area contributed by atoms with Gasteiger partial charge in [0.1, 0.15) is 11.5 Å². The van der Waals surface area contributed by atoms with E-state index in [0.29, 0.717) is 0 Å². The monoisotopic (exact) mass is 210 g/mol. The number of ether oxygens (including phenoxy) is 1. The lowest BCUT2D eigenvalue weighted by Gasteiger charge is -2.07. The van der Waals surface area contributed by atoms with Crippen molar-refractivity contribution in [3.63, 3.8) is 0 Å². The predicted octanol–water partition coefficient (Wildman–Crippen LogP) is 4.43. The third-order valence-corrected chi connectivity index (χ3v) is 2.44. The summed E-state index contributed by atoms with van der Waals surface area (Å²) >= 11 is 0. The van der Waals surface area contributed by atoms with E-state index in [1.807, 2.05) is 54.6 Å². The Morgan fingerprint density at radius 3 is 2.38 bits per heavy atom. The van der Waals surface area contributed by atoms with Gasteiger partial charge in [-0.3, -0.25) is 0 Å². The van der Waals surface area contributed by atoms with Crippen LogP contribution >= 0.6 is 0 Å². The maximum absolute atomic E-state index is 5.72. The van der Waals surface area contributed by atoms with Crippen LogP contribution in [0.25, 0.3) is 6.08 Å². The quantitative estimate of drug-likeness (QED) is 0.728. The molecule has 0 heterocycles. The molecule has 0 fully saturated rings. The lowest BCUT2D eigenvalue weighted by atomic mass is 10.1. The standard InChI is InChI=1S/C15H14O/c1-3-13-9-10-15(11-12(13)2)16-14-7-5-4-6-8-14/h3-11H,1H2,2H3. The normalized spacial score (nSPS) is 9.81. The molecule has 1 nitrogen and oxygen atoms in total. The SMILES string of the molecule is C=Cc1ccc(Oc2ccccc2)cc1C. The molecule has 0 bridgehead atoms. The predicted molar refractivity (Wildman–Crippen MR) is 67.8 cm³/mol. The molecule has 0 aliphatic rings. The lowest BCUT2D eigenvalue weighted by molar-refractivity contribution is 0.482. The van der Waals surface area contributed by atoms with Gasteiger partial charge in [-0.05, 0) is 42.3 Å². The van der Waals surface area contributed by atoms with Crippen LogP contribution in [0.4, 0.5) is 0 Å². The zero-order chi connectivity index (χ0) is 11.4. The molecule has 16 heavy (non-hydrogen) atoms. The van der Waals surface area contributed by atoms with Crippen LogP contribution in [-0.4, -0.2) is 0 Å². The van der Waals surface area contributed by atoms with Crippen molar-refractivity contribution in [2.75, 3.05) is 0 Å². The maximum atomic E-state index is 5.72. The molecule has 0 saturated heterocycles. The lowest BCUT2D eigenvalue weighted by Crippen LogP contribution is -1.86. The first-order valence-corrected chi connectivity index (χ1v) is 5.25. The molecule has 0 radical (unpaired) electrons. The Morgan fingerprint density at radius 1 is 1.00 bits per heavy atom.